The van der Waals surface area contributed by atoms with E-state index in [1.54, 1.807) is 0 Å². The van der Waals surface area contributed by atoms with Gasteiger partial charge in [0.25, 0.3) is 0 Å². The Labute approximate surface area is 176 Å². The summed E-state index contributed by atoms with van der Waals surface area (Å²) in [5, 5.41) is 57.4. The molecule has 0 bridgehead atoms. The Balaban J connectivity index is 1.80. The average molecular weight is 444 g/mol. The van der Waals surface area contributed by atoms with E-state index in [2.05, 4.69) is 0 Å². The third-order valence-corrected chi connectivity index (χ3v) is 4.30. The van der Waals surface area contributed by atoms with Crippen LogP contribution in [0.2, 0.25) is 0 Å². The minimum absolute atomic E-state index is 0.0610. The molecule has 1 aromatic carbocycles. The number of methoxy groups -OCH3 is 1. The molecule has 1 aliphatic rings. The highest BCUT2D eigenvalue weighted by atomic mass is 16.7. The lowest BCUT2D eigenvalue weighted by atomic mass is 9.99. The first-order valence-electron chi connectivity index (χ1n) is 9.08. The van der Waals surface area contributed by atoms with Gasteiger partial charge in [-0.1, -0.05) is 6.07 Å². The highest BCUT2D eigenvalue weighted by Crippen LogP contribution is 2.26. The van der Waals surface area contributed by atoms with Gasteiger partial charge in [-0.15, -0.1) is 0 Å². The number of benzene rings is 1. The first-order valence-corrected chi connectivity index (χ1v) is 9.08. The minimum atomic E-state index is -1.86. The van der Waals surface area contributed by atoms with Crippen LogP contribution in [0.15, 0.2) is 24.3 Å². The van der Waals surface area contributed by atoms with Crippen LogP contribution in [0.1, 0.15) is 5.56 Å². The summed E-state index contributed by atoms with van der Waals surface area (Å²) in [5.41, 5.74) is 0.549. The predicted octanol–water partition coefficient (Wildman–Crippen LogP) is -1.77. The van der Waals surface area contributed by atoms with E-state index in [0.29, 0.717) is 5.56 Å². The van der Waals surface area contributed by atoms with E-state index in [-0.39, 0.29) is 11.5 Å². The second-order valence-electron chi connectivity index (χ2n) is 6.62. The summed E-state index contributed by atoms with van der Waals surface area (Å²) in [7, 11) is 1.38. The van der Waals surface area contributed by atoms with Crippen molar-refractivity contribution in [2.75, 3.05) is 20.3 Å². The van der Waals surface area contributed by atoms with E-state index in [4.69, 9.17) is 24.1 Å². The summed E-state index contributed by atoms with van der Waals surface area (Å²) in [6.07, 6.45) is -7.78. The van der Waals surface area contributed by atoms with Gasteiger partial charge in [-0.2, -0.15) is 0 Å². The standard InChI is InChI=1S/C19H24O12/c1-28-12-6-9(2-4-11(12)21)3-5-13(22)29-7-10(20)8-30-19-16(25)14(23)15(24)17(31-19)18(26)27/h2-6,10,14-17,19-21,23-25H,7-8H2,1H3,(H,26,27). The molecule has 0 aromatic heterocycles. The van der Waals surface area contributed by atoms with Crippen LogP contribution in [-0.2, 0) is 23.8 Å². The monoisotopic (exact) mass is 444 g/mol. The van der Waals surface area contributed by atoms with Crippen LogP contribution in [0.3, 0.4) is 0 Å². The largest absolute Gasteiger partial charge is 0.504 e. The van der Waals surface area contributed by atoms with Crippen molar-refractivity contribution in [3.05, 3.63) is 29.8 Å². The number of ether oxygens (including phenoxy) is 4. The number of rotatable bonds is 9. The molecule has 0 saturated carbocycles. The number of carboxylic acids is 1. The fraction of sp³-hybridized carbons (Fsp3) is 0.474. The van der Waals surface area contributed by atoms with Crippen molar-refractivity contribution in [1.82, 2.24) is 0 Å². The van der Waals surface area contributed by atoms with Crippen LogP contribution in [0.4, 0.5) is 0 Å². The summed E-state index contributed by atoms with van der Waals surface area (Å²) in [4.78, 5) is 22.8. The number of aliphatic carboxylic acids is 1. The van der Waals surface area contributed by atoms with Gasteiger partial charge in [-0.25, -0.2) is 9.59 Å². The first kappa shape index (κ1) is 24.5. The lowest BCUT2D eigenvalue weighted by molar-refractivity contribution is -0.298. The normalized spacial score (nSPS) is 27.1. The quantitative estimate of drug-likeness (QED) is 0.186. The second kappa shape index (κ2) is 11.0. The second-order valence-corrected chi connectivity index (χ2v) is 6.62. The van der Waals surface area contributed by atoms with Crippen LogP contribution < -0.4 is 4.74 Å². The van der Waals surface area contributed by atoms with Crippen LogP contribution >= 0.6 is 0 Å². The topological polar surface area (TPSA) is 192 Å². The highest BCUT2D eigenvalue weighted by molar-refractivity contribution is 5.87. The van der Waals surface area contributed by atoms with Gasteiger partial charge in [-0.3, -0.25) is 0 Å². The van der Waals surface area contributed by atoms with Crippen molar-refractivity contribution in [1.29, 1.82) is 0 Å². The molecular weight excluding hydrogens is 420 g/mol. The summed E-state index contributed by atoms with van der Waals surface area (Å²) >= 11 is 0. The Kier molecular flexibility index (Phi) is 8.74. The van der Waals surface area contributed by atoms with E-state index in [1.807, 2.05) is 0 Å². The number of hydrogen-bond acceptors (Lipinski definition) is 11. The van der Waals surface area contributed by atoms with Gasteiger partial charge in [0.15, 0.2) is 23.9 Å². The molecule has 6 atom stereocenters. The zero-order chi connectivity index (χ0) is 23.1. The van der Waals surface area contributed by atoms with Crippen molar-refractivity contribution in [2.45, 2.75) is 36.8 Å². The zero-order valence-electron chi connectivity index (χ0n) is 16.4. The molecule has 1 aliphatic heterocycles. The SMILES string of the molecule is COc1cc(C=CC(=O)OCC(O)COC2OC(C(=O)O)C(O)C(O)C2O)ccc1O. The van der Waals surface area contributed by atoms with Crippen molar-refractivity contribution in [3.8, 4) is 11.5 Å². The van der Waals surface area contributed by atoms with Gasteiger partial charge in [-0.05, 0) is 23.8 Å². The minimum Gasteiger partial charge on any atom is -0.504 e. The van der Waals surface area contributed by atoms with Crippen molar-refractivity contribution >= 4 is 18.0 Å². The van der Waals surface area contributed by atoms with Crippen molar-refractivity contribution in [2.24, 2.45) is 0 Å². The highest BCUT2D eigenvalue weighted by Gasteiger charge is 2.47. The maximum absolute atomic E-state index is 11.8. The molecular formula is C19H24O12. The van der Waals surface area contributed by atoms with Crippen LogP contribution in [-0.4, -0.2) is 99.7 Å². The fourth-order valence-electron chi connectivity index (χ4n) is 2.63. The van der Waals surface area contributed by atoms with Crippen molar-refractivity contribution in [3.63, 3.8) is 0 Å². The molecule has 0 radical (unpaired) electrons. The number of aliphatic hydroxyl groups excluding tert-OH is 4. The number of phenols is 1. The lowest BCUT2D eigenvalue weighted by Gasteiger charge is -2.38. The number of aromatic hydroxyl groups is 1. The molecule has 172 valence electrons. The molecule has 1 aromatic rings. The molecule has 6 unspecified atom stereocenters. The Morgan fingerprint density at radius 3 is 2.52 bits per heavy atom. The van der Waals surface area contributed by atoms with E-state index in [0.717, 1.165) is 6.08 Å². The fourth-order valence-corrected chi connectivity index (χ4v) is 2.63. The van der Waals surface area contributed by atoms with Gasteiger partial charge in [0.2, 0.25) is 0 Å². The average Bonchev–Trinajstić information content (AvgIpc) is 2.74. The van der Waals surface area contributed by atoms with Crippen LogP contribution in [0, 0.1) is 0 Å². The number of phenolic OH excluding ortho intramolecular Hbond substituents is 1. The molecule has 31 heavy (non-hydrogen) atoms. The lowest BCUT2D eigenvalue weighted by Crippen LogP contribution is -2.60. The maximum atomic E-state index is 11.8. The summed E-state index contributed by atoms with van der Waals surface area (Å²) in [5.74, 6) is -2.20. The van der Waals surface area contributed by atoms with E-state index in [9.17, 15) is 35.1 Å². The smallest absolute Gasteiger partial charge is 0.335 e. The molecule has 0 aliphatic carbocycles. The Bertz CT molecular complexity index is 794. The van der Waals surface area contributed by atoms with E-state index >= 15 is 0 Å². The van der Waals surface area contributed by atoms with Crippen molar-refractivity contribution < 1.29 is 59.2 Å². The number of carbonyl (C=O) groups excluding carboxylic acids is 1. The number of carbonyl (C=O) groups is 2. The third kappa shape index (κ3) is 6.62. The molecule has 0 amide bonds. The van der Waals surface area contributed by atoms with Gasteiger partial charge < -0.3 is 49.6 Å². The summed E-state index contributed by atoms with van der Waals surface area (Å²) in [6, 6.07) is 4.42. The number of carboxylic acid groups (broad SMARTS) is 1. The molecule has 12 heteroatoms. The maximum Gasteiger partial charge on any atom is 0.335 e. The third-order valence-electron chi connectivity index (χ3n) is 4.30. The molecule has 12 nitrogen and oxygen atoms in total. The Morgan fingerprint density at radius 2 is 1.87 bits per heavy atom. The molecule has 1 heterocycles. The number of esters is 1. The summed E-state index contributed by atoms with van der Waals surface area (Å²) in [6.45, 7) is -1.01. The molecule has 0 spiro atoms. The van der Waals surface area contributed by atoms with Gasteiger partial charge in [0, 0.05) is 6.08 Å². The van der Waals surface area contributed by atoms with Gasteiger partial charge >= 0.3 is 11.9 Å². The van der Waals surface area contributed by atoms with Gasteiger partial charge in [0.05, 0.1) is 13.7 Å². The Hall–Kier alpha value is -2.74. The predicted molar refractivity (Wildman–Crippen MR) is 101 cm³/mol. The van der Waals surface area contributed by atoms with E-state index < -0.39 is 62.0 Å². The molecule has 1 fully saturated rings. The molecule has 2 rings (SSSR count). The molecule has 6 N–H and O–H groups in total. The zero-order valence-corrected chi connectivity index (χ0v) is 16.4. The van der Waals surface area contributed by atoms with Crippen LogP contribution in [0.25, 0.3) is 6.08 Å². The first-order chi connectivity index (χ1) is 14.6. The van der Waals surface area contributed by atoms with Gasteiger partial charge in [0.1, 0.15) is 31.0 Å². The summed E-state index contributed by atoms with van der Waals surface area (Å²) < 4.78 is 19.7. The Morgan fingerprint density at radius 1 is 1.16 bits per heavy atom. The molecule has 1 saturated heterocycles. The van der Waals surface area contributed by atoms with Crippen LogP contribution in [0.5, 0.6) is 11.5 Å². The number of hydrogen-bond donors (Lipinski definition) is 6. The van der Waals surface area contributed by atoms with E-state index in [1.165, 1.54) is 31.4 Å². The number of aliphatic hydroxyl groups is 4.